The Bertz CT molecular complexity index is 334. The summed E-state index contributed by atoms with van der Waals surface area (Å²) < 4.78 is 2.10. The van der Waals surface area contributed by atoms with Gasteiger partial charge in [-0.25, -0.2) is 0 Å². The van der Waals surface area contributed by atoms with Crippen LogP contribution in [0.2, 0.25) is 0 Å². The highest BCUT2D eigenvalue weighted by Gasteiger charge is 2.18. The van der Waals surface area contributed by atoms with Crippen molar-refractivity contribution in [3.63, 3.8) is 0 Å². The lowest BCUT2D eigenvalue weighted by Crippen LogP contribution is -2.13. The zero-order valence-electron chi connectivity index (χ0n) is 9.77. The quantitative estimate of drug-likeness (QED) is 0.887. The van der Waals surface area contributed by atoms with Crippen LogP contribution in [0.1, 0.15) is 18.7 Å². The number of hydrogen-bond donors (Lipinski definition) is 1. The monoisotopic (exact) mass is 258 g/mol. The number of hydrogen-bond acceptors (Lipinski definition) is 5. The van der Waals surface area contributed by atoms with E-state index in [9.17, 15) is 0 Å². The molecule has 0 aliphatic carbocycles. The maximum Gasteiger partial charge on any atom is 0.191 e. The summed E-state index contributed by atoms with van der Waals surface area (Å²) in [4.78, 5) is 0. The number of rotatable bonds is 4. The van der Waals surface area contributed by atoms with E-state index in [-0.39, 0.29) is 0 Å². The summed E-state index contributed by atoms with van der Waals surface area (Å²) in [5.74, 6) is 3.59. The summed E-state index contributed by atoms with van der Waals surface area (Å²) in [6, 6.07) is 0. The first-order valence-electron chi connectivity index (χ1n) is 5.58. The van der Waals surface area contributed by atoms with Gasteiger partial charge in [0.15, 0.2) is 5.16 Å². The molecule has 4 nitrogen and oxygen atoms in total. The molecule has 6 heteroatoms. The van der Waals surface area contributed by atoms with Crippen LogP contribution in [0.25, 0.3) is 0 Å². The Kier molecular flexibility index (Phi) is 4.55. The largest absolute Gasteiger partial charge is 0.313 e. The fourth-order valence-corrected chi connectivity index (χ4v) is 4.23. The summed E-state index contributed by atoms with van der Waals surface area (Å²) in [6.07, 6.45) is 2.59. The lowest BCUT2D eigenvalue weighted by molar-refractivity contribution is 0.679. The average molecular weight is 258 g/mol. The van der Waals surface area contributed by atoms with Gasteiger partial charge in [0.2, 0.25) is 0 Å². The Balaban J connectivity index is 1.97. The van der Waals surface area contributed by atoms with Crippen molar-refractivity contribution in [2.75, 3.05) is 18.6 Å². The van der Waals surface area contributed by atoms with Crippen LogP contribution in [-0.2, 0) is 13.6 Å². The van der Waals surface area contributed by atoms with Crippen molar-refractivity contribution in [3.8, 4) is 0 Å². The van der Waals surface area contributed by atoms with Crippen molar-refractivity contribution in [1.29, 1.82) is 0 Å². The molecule has 1 aliphatic rings. The molecule has 0 amide bonds. The molecule has 1 fully saturated rings. The van der Waals surface area contributed by atoms with Gasteiger partial charge in [0.25, 0.3) is 0 Å². The van der Waals surface area contributed by atoms with Gasteiger partial charge in [-0.3, -0.25) is 0 Å². The van der Waals surface area contributed by atoms with Crippen molar-refractivity contribution in [2.24, 2.45) is 7.05 Å². The van der Waals surface area contributed by atoms with Gasteiger partial charge in [0.1, 0.15) is 5.82 Å². The topological polar surface area (TPSA) is 42.7 Å². The number of nitrogens with zero attached hydrogens (tertiary/aromatic N) is 3. The van der Waals surface area contributed by atoms with E-state index in [2.05, 4.69) is 31.8 Å². The third-order valence-corrected chi connectivity index (χ3v) is 5.12. The minimum absolute atomic E-state index is 0.728. The van der Waals surface area contributed by atoms with Crippen LogP contribution in [0.4, 0.5) is 0 Å². The van der Waals surface area contributed by atoms with Crippen molar-refractivity contribution >= 4 is 23.5 Å². The third kappa shape index (κ3) is 2.93. The molecule has 1 N–H and O–H groups in total. The minimum Gasteiger partial charge on any atom is -0.313 e. The van der Waals surface area contributed by atoms with Crippen LogP contribution in [0.5, 0.6) is 0 Å². The van der Waals surface area contributed by atoms with Crippen LogP contribution in [0.3, 0.4) is 0 Å². The zero-order valence-corrected chi connectivity index (χ0v) is 11.4. The average Bonchev–Trinajstić information content (AvgIpc) is 2.64. The fourth-order valence-electron chi connectivity index (χ4n) is 1.70. The summed E-state index contributed by atoms with van der Waals surface area (Å²) in [7, 11) is 3.98. The van der Waals surface area contributed by atoms with Crippen molar-refractivity contribution in [2.45, 2.75) is 29.8 Å². The fraction of sp³-hybridized carbons (Fsp3) is 0.800. The maximum absolute atomic E-state index is 4.26. The maximum atomic E-state index is 4.26. The molecule has 90 valence electrons. The van der Waals surface area contributed by atoms with E-state index in [4.69, 9.17) is 0 Å². The molecule has 2 rings (SSSR count). The Hall–Kier alpha value is -0.200. The van der Waals surface area contributed by atoms with Crippen LogP contribution in [0.15, 0.2) is 5.16 Å². The van der Waals surface area contributed by atoms with Gasteiger partial charge >= 0.3 is 0 Å². The highest BCUT2D eigenvalue weighted by molar-refractivity contribution is 8.01. The van der Waals surface area contributed by atoms with Gasteiger partial charge in [-0.15, -0.1) is 10.2 Å². The van der Waals surface area contributed by atoms with Crippen LogP contribution >= 0.6 is 23.5 Å². The van der Waals surface area contributed by atoms with Gasteiger partial charge < -0.3 is 9.88 Å². The van der Waals surface area contributed by atoms with Crippen molar-refractivity contribution in [3.05, 3.63) is 5.82 Å². The molecule has 1 aromatic rings. The van der Waals surface area contributed by atoms with Crippen molar-refractivity contribution < 1.29 is 0 Å². The van der Waals surface area contributed by atoms with Crippen molar-refractivity contribution in [1.82, 2.24) is 20.1 Å². The molecule has 1 aromatic heterocycles. The molecule has 0 radical (unpaired) electrons. The number of thioether (sulfide) groups is 2. The molecule has 2 heterocycles. The molecule has 1 saturated heterocycles. The molecule has 0 atom stereocenters. The molecular formula is C10H18N4S2. The summed E-state index contributed by atoms with van der Waals surface area (Å²) in [6.45, 7) is 0.782. The first-order valence-corrected chi connectivity index (χ1v) is 7.62. The van der Waals surface area contributed by atoms with E-state index < -0.39 is 0 Å². The van der Waals surface area contributed by atoms with E-state index in [1.807, 2.05) is 25.9 Å². The second kappa shape index (κ2) is 5.93. The molecule has 1 aliphatic heterocycles. The normalized spacial score (nSPS) is 17.9. The Morgan fingerprint density at radius 2 is 2.19 bits per heavy atom. The molecule has 0 unspecified atom stereocenters. The second-order valence-corrected chi connectivity index (χ2v) is 6.41. The zero-order chi connectivity index (χ0) is 11.4. The van der Waals surface area contributed by atoms with Gasteiger partial charge in [-0.1, -0.05) is 11.8 Å². The molecular weight excluding hydrogens is 240 g/mol. The standard InChI is InChI=1S/C10H18N4S2/c1-11-7-9-12-13-10(14(9)2)16-8-3-5-15-6-4-8/h8,11H,3-7H2,1-2H3. The molecule has 0 aromatic carbocycles. The van der Waals surface area contributed by atoms with E-state index in [0.29, 0.717) is 0 Å². The summed E-state index contributed by atoms with van der Waals surface area (Å²) in [5, 5.41) is 13.3. The summed E-state index contributed by atoms with van der Waals surface area (Å²) >= 11 is 3.95. The lowest BCUT2D eigenvalue weighted by atomic mass is 10.2. The Morgan fingerprint density at radius 1 is 1.44 bits per heavy atom. The van der Waals surface area contributed by atoms with Gasteiger partial charge in [0, 0.05) is 12.3 Å². The first kappa shape index (κ1) is 12.3. The predicted molar refractivity (Wildman–Crippen MR) is 70.0 cm³/mol. The van der Waals surface area contributed by atoms with Gasteiger partial charge in [-0.05, 0) is 31.4 Å². The molecule has 0 bridgehead atoms. The summed E-state index contributed by atoms with van der Waals surface area (Å²) in [5.41, 5.74) is 0. The lowest BCUT2D eigenvalue weighted by Gasteiger charge is -2.19. The third-order valence-electron chi connectivity index (χ3n) is 2.70. The van der Waals surface area contributed by atoms with E-state index in [0.717, 1.165) is 22.8 Å². The van der Waals surface area contributed by atoms with E-state index in [1.54, 1.807) is 0 Å². The Labute approximate surface area is 105 Å². The second-order valence-electron chi connectivity index (χ2n) is 3.92. The highest BCUT2D eigenvalue weighted by atomic mass is 32.2. The number of nitrogens with one attached hydrogen (secondary N) is 1. The highest BCUT2D eigenvalue weighted by Crippen LogP contribution is 2.31. The Morgan fingerprint density at radius 3 is 2.88 bits per heavy atom. The molecule has 16 heavy (non-hydrogen) atoms. The van der Waals surface area contributed by atoms with Crippen LogP contribution in [-0.4, -0.2) is 38.6 Å². The smallest absolute Gasteiger partial charge is 0.191 e. The van der Waals surface area contributed by atoms with E-state index >= 15 is 0 Å². The van der Waals surface area contributed by atoms with Gasteiger partial charge in [-0.2, -0.15) is 11.8 Å². The minimum atomic E-state index is 0.728. The first-order chi connectivity index (χ1) is 7.81. The SMILES string of the molecule is CNCc1nnc(SC2CCSCC2)n1C. The van der Waals surface area contributed by atoms with Crippen LogP contribution < -0.4 is 5.32 Å². The molecule has 0 spiro atoms. The molecule has 0 saturated carbocycles. The predicted octanol–water partition coefficient (Wildman–Crippen LogP) is 1.52. The number of aromatic nitrogens is 3. The van der Waals surface area contributed by atoms with Gasteiger partial charge in [0.05, 0.1) is 6.54 Å². The van der Waals surface area contributed by atoms with Crippen LogP contribution in [0, 0.1) is 0 Å². The van der Waals surface area contributed by atoms with E-state index in [1.165, 1.54) is 24.3 Å².